The van der Waals surface area contributed by atoms with Crippen LogP contribution in [-0.2, 0) is 0 Å². The largest absolute Gasteiger partial charge is 0.294 e. The molecule has 1 heterocycles. The molecule has 0 aliphatic heterocycles. The molecular formula is C4H2N6O3. The van der Waals surface area contributed by atoms with Crippen molar-refractivity contribution in [3.05, 3.63) is 31.4 Å². The molecule has 1 aromatic heterocycles. The van der Waals surface area contributed by atoms with Crippen molar-refractivity contribution in [3.63, 3.8) is 0 Å². The van der Waals surface area contributed by atoms with Gasteiger partial charge in [-0.25, -0.2) is 0 Å². The number of nitrogens with zero attached hydrogens (tertiary/aromatic N) is 4. The smallest absolute Gasteiger partial charge is 0.292 e. The first-order valence-electron chi connectivity index (χ1n) is 2.94. The number of carbonyl (C=O) groups is 1. The molecule has 1 amide bonds. The zero-order valence-corrected chi connectivity index (χ0v) is 6.01. The third kappa shape index (κ3) is 1.44. The van der Waals surface area contributed by atoms with Gasteiger partial charge in [0.25, 0.3) is 11.5 Å². The van der Waals surface area contributed by atoms with E-state index in [4.69, 9.17) is 5.53 Å². The average molecular weight is 182 g/mol. The van der Waals surface area contributed by atoms with Gasteiger partial charge in [-0.15, -0.1) is 4.91 Å². The van der Waals surface area contributed by atoms with Crippen molar-refractivity contribution in [1.29, 1.82) is 0 Å². The van der Waals surface area contributed by atoms with Gasteiger partial charge in [-0.3, -0.25) is 19.8 Å². The monoisotopic (exact) mass is 182 g/mol. The number of hydrogen-bond acceptors (Lipinski definition) is 4. The van der Waals surface area contributed by atoms with Gasteiger partial charge >= 0.3 is 0 Å². The molecule has 0 atom stereocenters. The van der Waals surface area contributed by atoms with Crippen molar-refractivity contribution < 1.29 is 4.79 Å². The van der Waals surface area contributed by atoms with Crippen LogP contribution in [0, 0.1) is 4.91 Å². The van der Waals surface area contributed by atoms with Crippen molar-refractivity contribution in [3.8, 4) is 0 Å². The van der Waals surface area contributed by atoms with E-state index < -0.39 is 22.8 Å². The van der Waals surface area contributed by atoms with Gasteiger partial charge < -0.3 is 0 Å². The molecule has 1 aromatic rings. The van der Waals surface area contributed by atoms with E-state index in [2.05, 4.69) is 20.3 Å². The van der Waals surface area contributed by atoms with Gasteiger partial charge in [0, 0.05) is 4.91 Å². The molecule has 0 unspecified atom stereocenters. The van der Waals surface area contributed by atoms with Crippen LogP contribution in [0.15, 0.2) is 15.1 Å². The van der Waals surface area contributed by atoms with Gasteiger partial charge in [-0.2, -0.15) is 0 Å². The topological polar surface area (TPSA) is 144 Å². The Hall–Kier alpha value is -2.41. The minimum Gasteiger partial charge on any atom is -0.292 e. The summed E-state index contributed by atoms with van der Waals surface area (Å²) in [6.07, 6.45) is 0. The van der Waals surface area contributed by atoms with Crippen LogP contribution >= 0.6 is 0 Å². The minimum absolute atomic E-state index is 0.446. The molecule has 13 heavy (non-hydrogen) atoms. The van der Waals surface area contributed by atoms with Crippen molar-refractivity contribution in [2.75, 3.05) is 0 Å². The maximum Gasteiger partial charge on any atom is 0.294 e. The number of rotatable bonds is 2. The van der Waals surface area contributed by atoms with E-state index in [1.165, 1.54) is 0 Å². The maximum atomic E-state index is 10.8. The lowest BCUT2D eigenvalue weighted by Gasteiger charge is -1.85. The molecule has 1 rings (SSSR count). The molecule has 0 spiro atoms. The second-order valence-corrected chi connectivity index (χ2v) is 1.89. The predicted molar refractivity (Wildman–Crippen MR) is 40.3 cm³/mol. The summed E-state index contributed by atoms with van der Waals surface area (Å²) >= 11 is 0. The van der Waals surface area contributed by atoms with Crippen LogP contribution < -0.4 is 5.56 Å². The number of hydrogen-bond donors (Lipinski definition) is 2. The van der Waals surface area contributed by atoms with Gasteiger partial charge in [0.2, 0.25) is 5.69 Å². The summed E-state index contributed by atoms with van der Waals surface area (Å²) in [7, 11) is 0. The molecule has 0 saturated carbocycles. The van der Waals surface area contributed by atoms with Gasteiger partial charge in [0.15, 0.2) is 0 Å². The number of amides is 1. The first-order chi connectivity index (χ1) is 6.20. The first-order valence-corrected chi connectivity index (χ1v) is 2.94. The Balaban J connectivity index is 3.29. The van der Waals surface area contributed by atoms with Crippen LogP contribution in [0.5, 0.6) is 0 Å². The van der Waals surface area contributed by atoms with E-state index >= 15 is 0 Å². The van der Waals surface area contributed by atoms with Crippen LogP contribution in [0.2, 0.25) is 0 Å². The zero-order chi connectivity index (χ0) is 9.84. The van der Waals surface area contributed by atoms with E-state index in [0.717, 1.165) is 0 Å². The van der Waals surface area contributed by atoms with Crippen LogP contribution in [-0.4, -0.2) is 16.1 Å². The number of carbonyl (C=O) groups excluding carboxylic acids is 1. The van der Waals surface area contributed by atoms with Gasteiger partial charge in [-0.05, 0) is 15.8 Å². The van der Waals surface area contributed by atoms with E-state index in [9.17, 15) is 14.5 Å². The average Bonchev–Trinajstić information content (AvgIpc) is 2.47. The Kier molecular flexibility index (Phi) is 2.22. The van der Waals surface area contributed by atoms with Crippen molar-refractivity contribution in [2.45, 2.75) is 0 Å². The highest BCUT2D eigenvalue weighted by Gasteiger charge is 2.16. The molecule has 9 heteroatoms. The highest BCUT2D eigenvalue weighted by atomic mass is 16.3. The van der Waals surface area contributed by atoms with Crippen LogP contribution in [0.25, 0.3) is 10.4 Å². The number of aromatic amines is 2. The Labute approximate surface area is 69.3 Å². The molecule has 0 fully saturated rings. The summed E-state index contributed by atoms with van der Waals surface area (Å²) < 4.78 is 0. The van der Waals surface area contributed by atoms with E-state index in [1.807, 2.05) is 5.10 Å². The normalized spacial score (nSPS) is 8.92. The highest BCUT2D eigenvalue weighted by Crippen LogP contribution is 2.10. The quantitative estimate of drug-likeness (QED) is 0.298. The van der Waals surface area contributed by atoms with Crippen molar-refractivity contribution in [2.24, 2.45) is 10.3 Å². The number of H-pyrrole nitrogens is 2. The Morgan fingerprint density at radius 1 is 1.46 bits per heavy atom. The second-order valence-electron chi connectivity index (χ2n) is 1.89. The van der Waals surface area contributed by atoms with E-state index in [0.29, 0.717) is 0 Å². The molecule has 0 bridgehead atoms. The highest BCUT2D eigenvalue weighted by molar-refractivity contribution is 5.97. The number of aromatic nitrogens is 2. The lowest BCUT2D eigenvalue weighted by Crippen LogP contribution is -1.98. The minimum atomic E-state index is -1.07. The first kappa shape index (κ1) is 8.68. The van der Waals surface area contributed by atoms with Crippen LogP contribution in [0.1, 0.15) is 10.5 Å². The third-order valence-corrected chi connectivity index (χ3v) is 1.19. The number of azide groups is 1. The summed E-state index contributed by atoms with van der Waals surface area (Å²) in [5.74, 6) is -1.07. The molecule has 0 aromatic carbocycles. The standard InChI is InChI=1S/C4H2N6O3/c5-10-8-3(11)1-2(9-13)4(12)7-6-1/h(H2,6,7,12). The van der Waals surface area contributed by atoms with Gasteiger partial charge in [0.1, 0.15) is 5.69 Å². The van der Waals surface area contributed by atoms with Gasteiger partial charge in [-0.1, -0.05) is 0 Å². The Morgan fingerprint density at radius 3 is 2.69 bits per heavy atom. The molecule has 0 aliphatic carbocycles. The molecular weight excluding hydrogens is 180 g/mol. The van der Waals surface area contributed by atoms with Crippen molar-refractivity contribution >= 4 is 11.6 Å². The SMILES string of the molecule is [N-]=[N+]=NC(=O)c1[nH][nH]c(=O)c1N=O. The summed E-state index contributed by atoms with van der Waals surface area (Å²) in [6, 6.07) is 0. The molecule has 0 saturated heterocycles. The van der Waals surface area contributed by atoms with Crippen LogP contribution in [0.4, 0.5) is 5.69 Å². The molecule has 2 N–H and O–H groups in total. The predicted octanol–water partition coefficient (Wildman–Crippen LogP) is 0.551. The lowest BCUT2D eigenvalue weighted by molar-refractivity contribution is 0.0996. The Bertz CT molecular complexity index is 449. The fourth-order valence-corrected chi connectivity index (χ4v) is 0.684. The summed E-state index contributed by atoms with van der Waals surface area (Å²) in [4.78, 5) is 33.8. The molecule has 0 aliphatic rings. The zero-order valence-electron chi connectivity index (χ0n) is 6.01. The second kappa shape index (κ2) is 3.32. The summed E-state index contributed by atoms with van der Waals surface area (Å²) in [5, 5.41) is 8.99. The fraction of sp³-hybridized carbons (Fsp3) is 0. The molecule has 9 nitrogen and oxygen atoms in total. The summed E-state index contributed by atoms with van der Waals surface area (Å²) in [5.41, 5.74) is 5.98. The Morgan fingerprint density at radius 2 is 2.15 bits per heavy atom. The lowest BCUT2D eigenvalue weighted by atomic mass is 10.3. The fourth-order valence-electron chi connectivity index (χ4n) is 0.684. The van der Waals surface area contributed by atoms with Crippen molar-refractivity contribution in [1.82, 2.24) is 10.2 Å². The van der Waals surface area contributed by atoms with E-state index in [-0.39, 0.29) is 0 Å². The number of nitrogens with one attached hydrogen (secondary N) is 2. The maximum absolute atomic E-state index is 10.8. The third-order valence-electron chi connectivity index (χ3n) is 1.19. The molecule has 0 radical (unpaired) electrons. The summed E-state index contributed by atoms with van der Waals surface area (Å²) in [6.45, 7) is 0. The van der Waals surface area contributed by atoms with Crippen LogP contribution in [0.3, 0.4) is 0 Å². The van der Waals surface area contributed by atoms with E-state index in [1.54, 1.807) is 0 Å². The molecule has 66 valence electrons. The number of nitroso groups, excluding NO2 is 1. The van der Waals surface area contributed by atoms with Gasteiger partial charge in [0.05, 0.1) is 0 Å².